The average molecular weight is 386 g/mol. The molecule has 0 aliphatic heterocycles. The zero-order valence-corrected chi connectivity index (χ0v) is 15.1. The molecular weight excluding hydrogens is 372 g/mol. The van der Waals surface area contributed by atoms with Crippen molar-refractivity contribution < 1.29 is 14.7 Å². The monoisotopic (exact) mass is 386 g/mol. The third kappa shape index (κ3) is 3.53. The van der Waals surface area contributed by atoms with Crippen LogP contribution in [-0.4, -0.2) is 42.1 Å². The van der Waals surface area contributed by atoms with E-state index in [0.717, 1.165) is 10.2 Å². The van der Waals surface area contributed by atoms with Crippen molar-refractivity contribution in [3.8, 4) is 0 Å². The van der Waals surface area contributed by atoms with Crippen molar-refractivity contribution in [1.82, 2.24) is 24.6 Å². The molecule has 10 nitrogen and oxygen atoms in total. The number of rotatable bonds is 2. The van der Waals surface area contributed by atoms with Crippen LogP contribution in [0.2, 0.25) is 0 Å². The van der Waals surface area contributed by atoms with Crippen LogP contribution in [0.3, 0.4) is 0 Å². The number of fused-ring (bicyclic) bond motifs is 2. The third-order valence-electron chi connectivity index (χ3n) is 3.62. The Labute approximate surface area is 155 Å². The van der Waals surface area contributed by atoms with Gasteiger partial charge in [-0.25, -0.2) is 9.97 Å². The number of aromatic nitrogens is 5. The Morgan fingerprint density at radius 2 is 2.07 bits per heavy atom. The first-order valence-electron chi connectivity index (χ1n) is 7.63. The normalized spacial score (nSPS) is 10.4. The van der Waals surface area contributed by atoms with Crippen molar-refractivity contribution in [3.63, 3.8) is 0 Å². The van der Waals surface area contributed by atoms with E-state index in [4.69, 9.17) is 9.90 Å². The van der Waals surface area contributed by atoms with Crippen LogP contribution in [0.5, 0.6) is 0 Å². The fraction of sp³-hybridized carbons (Fsp3) is 0.125. The van der Waals surface area contributed by atoms with Gasteiger partial charge in [0.05, 0.1) is 21.4 Å². The lowest BCUT2D eigenvalue weighted by Crippen LogP contribution is -2.25. The molecule has 0 unspecified atom stereocenters. The number of aryl methyl sites for hydroxylation is 2. The van der Waals surface area contributed by atoms with Gasteiger partial charge in [0.2, 0.25) is 0 Å². The van der Waals surface area contributed by atoms with Crippen molar-refractivity contribution in [3.05, 3.63) is 51.1 Å². The third-order valence-corrected chi connectivity index (χ3v) is 4.43. The number of thiazole rings is 1. The maximum atomic E-state index is 12.5. The van der Waals surface area contributed by atoms with E-state index in [1.54, 1.807) is 31.5 Å². The molecule has 0 saturated heterocycles. The molecule has 0 aliphatic rings. The van der Waals surface area contributed by atoms with Crippen LogP contribution >= 0.6 is 11.3 Å². The molecule has 0 atom stereocenters. The molecule has 0 bridgehead atoms. The van der Waals surface area contributed by atoms with Crippen molar-refractivity contribution in [1.29, 1.82) is 0 Å². The number of aromatic amines is 1. The van der Waals surface area contributed by atoms with Crippen LogP contribution < -0.4 is 10.9 Å². The molecule has 138 valence electrons. The lowest BCUT2D eigenvalue weighted by molar-refractivity contribution is -0.122. The number of nitrogens with zero attached hydrogens (tertiary/aromatic N) is 4. The first kappa shape index (κ1) is 18.2. The van der Waals surface area contributed by atoms with Gasteiger partial charge < -0.3 is 10.4 Å². The summed E-state index contributed by atoms with van der Waals surface area (Å²) in [6.07, 6.45) is 0. The second-order valence-electron chi connectivity index (χ2n) is 5.42. The molecule has 4 aromatic rings. The number of H-pyrrole nitrogens is 1. The molecule has 1 aromatic carbocycles. The molecule has 4 rings (SSSR count). The molecule has 11 heteroatoms. The number of carbonyl (C=O) groups is 2. The molecule has 0 aliphatic carbocycles. The maximum Gasteiger partial charge on any atom is 0.298 e. The first-order chi connectivity index (χ1) is 12.9. The highest BCUT2D eigenvalue weighted by Gasteiger charge is 2.16. The van der Waals surface area contributed by atoms with Gasteiger partial charge in [0.25, 0.3) is 23.7 Å². The van der Waals surface area contributed by atoms with E-state index in [0.29, 0.717) is 17.1 Å². The summed E-state index contributed by atoms with van der Waals surface area (Å²) in [5.74, 6) is 0.455. The van der Waals surface area contributed by atoms with Crippen LogP contribution in [0, 0.1) is 13.8 Å². The van der Waals surface area contributed by atoms with Crippen molar-refractivity contribution in [2.75, 3.05) is 5.32 Å². The summed E-state index contributed by atoms with van der Waals surface area (Å²) >= 11 is 1.50. The van der Waals surface area contributed by atoms with Gasteiger partial charge in [0.1, 0.15) is 11.5 Å². The summed E-state index contributed by atoms with van der Waals surface area (Å²) < 4.78 is 2.21. The number of carbonyl (C=O) groups excluding carboxylic acids is 1. The summed E-state index contributed by atoms with van der Waals surface area (Å²) in [5.41, 5.74) is 3.04. The highest BCUT2D eigenvalue weighted by Crippen LogP contribution is 2.19. The molecule has 3 aromatic heterocycles. The quantitative estimate of drug-likeness (QED) is 0.444. The summed E-state index contributed by atoms with van der Waals surface area (Å²) in [6, 6.07) is 5.23. The molecule has 3 heterocycles. The number of hydrogen-bond donors (Lipinski definition) is 3. The predicted octanol–water partition coefficient (Wildman–Crippen LogP) is 1.60. The van der Waals surface area contributed by atoms with Gasteiger partial charge in [-0.1, -0.05) is 0 Å². The van der Waals surface area contributed by atoms with Gasteiger partial charge in [-0.05, 0) is 32.0 Å². The summed E-state index contributed by atoms with van der Waals surface area (Å²) in [4.78, 5) is 45.9. The summed E-state index contributed by atoms with van der Waals surface area (Å²) in [7, 11) is 0. The zero-order chi connectivity index (χ0) is 19.6. The highest BCUT2D eigenvalue weighted by atomic mass is 32.1. The van der Waals surface area contributed by atoms with E-state index in [-0.39, 0.29) is 23.8 Å². The second kappa shape index (κ2) is 7.33. The van der Waals surface area contributed by atoms with Gasteiger partial charge >= 0.3 is 0 Å². The summed E-state index contributed by atoms with van der Waals surface area (Å²) in [6.45, 7) is 3.13. The average Bonchev–Trinajstić information content (AvgIpc) is 3.24. The Kier molecular flexibility index (Phi) is 4.94. The van der Waals surface area contributed by atoms with E-state index >= 15 is 0 Å². The van der Waals surface area contributed by atoms with Gasteiger partial charge in [-0.15, -0.1) is 11.3 Å². The number of anilines is 1. The second-order valence-corrected chi connectivity index (χ2v) is 6.30. The fourth-order valence-corrected chi connectivity index (χ4v) is 3.11. The Bertz CT molecular complexity index is 1210. The SMILES string of the molecule is Cc1nc2nc(C)c(NC(=O)c3ccc4scnc4c3)c(=O)n2[nH]1.O=CO. The first-order valence-corrected chi connectivity index (χ1v) is 8.51. The van der Waals surface area contributed by atoms with E-state index in [1.165, 1.54) is 15.9 Å². The Morgan fingerprint density at radius 3 is 2.81 bits per heavy atom. The Balaban J connectivity index is 0.000000659. The maximum absolute atomic E-state index is 12.5. The number of nitrogens with one attached hydrogen (secondary N) is 2. The smallest absolute Gasteiger partial charge is 0.298 e. The minimum atomic E-state index is -0.402. The van der Waals surface area contributed by atoms with E-state index < -0.39 is 5.56 Å². The van der Waals surface area contributed by atoms with Crippen LogP contribution in [0.15, 0.2) is 28.5 Å². The minimum Gasteiger partial charge on any atom is -0.483 e. The lowest BCUT2D eigenvalue weighted by Gasteiger charge is -2.07. The van der Waals surface area contributed by atoms with Crippen LogP contribution in [0.25, 0.3) is 16.0 Å². The van der Waals surface area contributed by atoms with E-state index in [9.17, 15) is 9.59 Å². The molecule has 0 fully saturated rings. The van der Waals surface area contributed by atoms with Gasteiger partial charge in [0, 0.05) is 5.56 Å². The Hall–Kier alpha value is -3.60. The number of benzene rings is 1. The topological polar surface area (TPSA) is 142 Å². The Morgan fingerprint density at radius 1 is 1.33 bits per heavy atom. The molecule has 27 heavy (non-hydrogen) atoms. The largest absolute Gasteiger partial charge is 0.483 e. The lowest BCUT2D eigenvalue weighted by atomic mass is 10.2. The molecule has 1 amide bonds. The molecule has 0 saturated carbocycles. The molecule has 3 N–H and O–H groups in total. The molecular formula is C16H14N6O4S. The number of carboxylic acid groups (broad SMARTS) is 1. The highest BCUT2D eigenvalue weighted by molar-refractivity contribution is 7.16. The predicted molar refractivity (Wildman–Crippen MR) is 99.3 cm³/mol. The molecule has 0 radical (unpaired) electrons. The fourth-order valence-electron chi connectivity index (χ4n) is 2.45. The van der Waals surface area contributed by atoms with Crippen LogP contribution in [0.1, 0.15) is 21.9 Å². The number of amides is 1. The van der Waals surface area contributed by atoms with E-state index in [2.05, 4.69) is 25.4 Å². The standard InChI is InChI=1S/C15H12N6O2S.CH2O2/c1-7-12(14(23)21-15(17-7)18-8(2)20-21)19-13(22)9-3-4-11-10(5-9)16-6-24-11;2-1-3/h3-6H,1-2H3,(H,19,22)(H,17,18,20);1H,(H,2,3). The van der Waals surface area contributed by atoms with Crippen molar-refractivity contribution in [2.45, 2.75) is 13.8 Å². The van der Waals surface area contributed by atoms with E-state index in [1.807, 2.05) is 6.07 Å². The van der Waals surface area contributed by atoms with Crippen molar-refractivity contribution in [2.24, 2.45) is 0 Å². The minimum absolute atomic E-state index is 0.125. The van der Waals surface area contributed by atoms with Gasteiger partial charge in [-0.3, -0.25) is 19.5 Å². The van der Waals surface area contributed by atoms with Gasteiger partial charge in [-0.2, -0.15) is 9.50 Å². The van der Waals surface area contributed by atoms with Gasteiger partial charge in [0.15, 0.2) is 0 Å². The van der Waals surface area contributed by atoms with Crippen molar-refractivity contribution >= 4 is 45.4 Å². The number of hydrogen-bond acceptors (Lipinski definition) is 7. The molecule has 0 spiro atoms. The zero-order valence-electron chi connectivity index (χ0n) is 14.3. The van der Waals surface area contributed by atoms with Crippen LogP contribution in [-0.2, 0) is 4.79 Å². The summed E-state index contributed by atoms with van der Waals surface area (Å²) in [5, 5.41) is 12.3. The van der Waals surface area contributed by atoms with Crippen LogP contribution in [0.4, 0.5) is 5.69 Å².